The van der Waals surface area contributed by atoms with Crippen LogP contribution in [0.3, 0.4) is 0 Å². The van der Waals surface area contributed by atoms with Gasteiger partial charge >= 0.3 is 0 Å². The zero-order valence-corrected chi connectivity index (χ0v) is 14.0. The van der Waals surface area contributed by atoms with Crippen LogP contribution in [0.1, 0.15) is 30.7 Å². The summed E-state index contributed by atoms with van der Waals surface area (Å²) in [5.74, 6) is 1.22. The highest BCUT2D eigenvalue weighted by atomic mass is 127. The first-order valence-electron chi connectivity index (χ1n) is 6.46. The van der Waals surface area contributed by atoms with Crippen molar-refractivity contribution >= 4 is 41.5 Å². The molecule has 0 aliphatic heterocycles. The summed E-state index contributed by atoms with van der Waals surface area (Å²) in [5, 5.41) is 0.785. The first-order chi connectivity index (χ1) is 8.65. The van der Waals surface area contributed by atoms with Crippen LogP contribution >= 0.6 is 35.6 Å². The summed E-state index contributed by atoms with van der Waals surface area (Å²) in [6.45, 7) is 0. The molecule has 2 aliphatic rings. The quantitative estimate of drug-likeness (QED) is 0.488. The molecule has 0 bridgehead atoms. The zero-order chi connectivity index (χ0) is 12.7. The lowest BCUT2D eigenvalue weighted by molar-refractivity contribution is 0.487. The largest absolute Gasteiger partial charge is 0.370 e. The van der Waals surface area contributed by atoms with Gasteiger partial charge in [0.05, 0.1) is 6.04 Å². The predicted octanol–water partition coefficient (Wildman–Crippen LogP) is 3.22. The van der Waals surface area contributed by atoms with Gasteiger partial charge in [0.2, 0.25) is 0 Å². The molecule has 5 heteroatoms. The molecule has 19 heavy (non-hydrogen) atoms. The summed E-state index contributed by atoms with van der Waals surface area (Å²) in [7, 11) is 2.04. The van der Waals surface area contributed by atoms with Gasteiger partial charge < -0.3 is 10.6 Å². The van der Waals surface area contributed by atoms with Crippen molar-refractivity contribution < 1.29 is 0 Å². The molecule has 2 atom stereocenters. The predicted molar refractivity (Wildman–Crippen MR) is 90.4 cm³/mol. The van der Waals surface area contributed by atoms with Gasteiger partial charge in [-0.1, -0.05) is 23.7 Å². The Bertz CT molecular complexity index is 470. The van der Waals surface area contributed by atoms with Crippen molar-refractivity contribution in [3.05, 3.63) is 34.9 Å². The first-order valence-corrected chi connectivity index (χ1v) is 6.84. The van der Waals surface area contributed by atoms with Crippen molar-refractivity contribution in [2.24, 2.45) is 10.7 Å². The molecule has 1 aromatic rings. The van der Waals surface area contributed by atoms with Crippen LogP contribution in [0.25, 0.3) is 0 Å². The van der Waals surface area contributed by atoms with Crippen LogP contribution in [0.15, 0.2) is 29.3 Å². The van der Waals surface area contributed by atoms with Gasteiger partial charge in [0.1, 0.15) is 0 Å². The van der Waals surface area contributed by atoms with E-state index >= 15 is 0 Å². The molecule has 2 aliphatic carbocycles. The van der Waals surface area contributed by atoms with E-state index in [1.54, 1.807) is 0 Å². The van der Waals surface area contributed by atoms with Gasteiger partial charge in [-0.25, -0.2) is 4.99 Å². The molecule has 0 saturated heterocycles. The Balaban J connectivity index is 0.00000133. The summed E-state index contributed by atoms with van der Waals surface area (Å²) < 4.78 is 0. The van der Waals surface area contributed by atoms with Crippen LogP contribution in [0.5, 0.6) is 0 Å². The Labute approximate surface area is 136 Å². The summed E-state index contributed by atoms with van der Waals surface area (Å²) >= 11 is 5.89. The monoisotopic (exact) mass is 391 g/mol. The molecular weight excluding hydrogens is 373 g/mol. The van der Waals surface area contributed by atoms with Crippen LogP contribution < -0.4 is 5.73 Å². The zero-order valence-electron chi connectivity index (χ0n) is 10.9. The fourth-order valence-electron chi connectivity index (χ4n) is 2.30. The van der Waals surface area contributed by atoms with Crippen molar-refractivity contribution in [1.82, 2.24) is 4.90 Å². The molecule has 0 heterocycles. The van der Waals surface area contributed by atoms with Gasteiger partial charge in [0.15, 0.2) is 5.96 Å². The van der Waals surface area contributed by atoms with Crippen LogP contribution in [0.2, 0.25) is 5.02 Å². The number of halogens is 2. The highest BCUT2D eigenvalue weighted by Gasteiger charge is 2.39. The maximum Gasteiger partial charge on any atom is 0.191 e. The average molecular weight is 392 g/mol. The first kappa shape index (κ1) is 14.9. The molecular formula is C14H19ClIN3. The van der Waals surface area contributed by atoms with Crippen LogP contribution in [-0.2, 0) is 0 Å². The molecule has 2 fully saturated rings. The van der Waals surface area contributed by atoms with E-state index in [2.05, 4.69) is 22.0 Å². The highest BCUT2D eigenvalue weighted by molar-refractivity contribution is 14.0. The van der Waals surface area contributed by atoms with Gasteiger partial charge in [-0.15, -0.1) is 24.0 Å². The van der Waals surface area contributed by atoms with E-state index in [4.69, 9.17) is 17.3 Å². The van der Waals surface area contributed by atoms with Gasteiger partial charge in [0.25, 0.3) is 0 Å². The third-order valence-corrected chi connectivity index (χ3v) is 4.06. The maximum absolute atomic E-state index is 6.02. The topological polar surface area (TPSA) is 41.6 Å². The second-order valence-electron chi connectivity index (χ2n) is 5.29. The summed E-state index contributed by atoms with van der Waals surface area (Å²) in [6, 6.07) is 9.03. The Hall–Kier alpha value is -0.490. The molecule has 0 spiro atoms. The summed E-state index contributed by atoms with van der Waals surface area (Å²) in [4.78, 5) is 6.73. The minimum atomic E-state index is 0. The van der Waals surface area contributed by atoms with E-state index in [0.29, 0.717) is 24.0 Å². The average Bonchev–Trinajstić information content (AvgIpc) is 3.23. The minimum Gasteiger partial charge on any atom is -0.370 e. The Morgan fingerprint density at radius 1 is 1.32 bits per heavy atom. The fraction of sp³-hybridized carbons (Fsp3) is 0.500. The van der Waals surface area contributed by atoms with Crippen molar-refractivity contribution in [2.75, 3.05) is 7.05 Å². The lowest BCUT2D eigenvalue weighted by Gasteiger charge is -2.16. The van der Waals surface area contributed by atoms with Crippen molar-refractivity contribution in [2.45, 2.75) is 37.3 Å². The number of rotatable bonds is 3. The molecule has 2 N–H and O–H groups in total. The van der Waals surface area contributed by atoms with E-state index in [-0.39, 0.29) is 24.0 Å². The lowest BCUT2D eigenvalue weighted by atomic mass is 10.1. The molecule has 2 saturated carbocycles. The molecule has 3 nitrogen and oxygen atoms in total. The number of hydrogen-bond acceptors (Lipinski definition) is 1. The molecule has 2 unspecified atom stereocenters. The highest BCUT2D eigenvalue weighted by Crippen LogP contribution is 2.43. The molecule has 0 aromatic heterocycles. The molecule has 1 aromatic carbocycles. The van der Waals surface area contributed by atoms with E-state index in [0.717, 1.165) is 11.4 Å². The van der Waals surface area contributed by atoms with Crippen LogP contribution in [-0.4, -0.2) is 30.0 Å². The maximum atomic E-state index is 6.02. The Morgan fingerprint density at radius 3 is 2.53 bits per heavy atom. The number of hydrogen-bond donors (Lipinski definition) is 1. The second kappa shape index (κ2) is 5.87. The van der Waals surface area contributed by atoms with Crippen LogP contribution in [0.4, 0.5) is 0 Å². The number of nitrogens with zero attached hydrogens (tertiary/aromatic N) is 2. The van der Waals surface area contributed by atoms with Gasteiger partial charge in [0, 0.05) is 24.0 Å². The normalized spacial score (nSPS) is 25.7. The molecule has 3 rings (SSSR count). The van der Waals surface area contributed by atoms with Crippen molar-refractivity contribution in [3.63, 3.8) is 0 Å². The smallest absolute Gasteiger partial charge is 0.191 e. The Morgan fingerprint density at radius 2 is 1.95 bits per heavy atom. The number of guanidine groups is 1. The Kier molecular flexibility index (Phi) is 4.61. The van der Waals surface area contributed by atoms with E-state index in [9.17, 15) is 0 Å². The van der Waals surface area contributed by atoms with Crippen molar-refractivity contribution in [1.29, 1.82) is 0 Å². The lowest BCUT2D eigenvalue weighted by Crippen LogP contribution is -2.36. The van der Waals surface area contributed by atoms with E-state index < -0.39 is 0 Å². The third-order valence-electron chi connectivity index (χ3n) is 3.81. The van der Waals surface area contributed by atoms with Crippen molar-refractivity contribution in [3.8, 4) is 0 Å². The molecule has 104 valence electrons. The second-order valence-corrected chi connectivity index (χ2v) is 5.73. The minimum absolute atomic E-state index is 0. The molecule has 0 radical (unpaired) electrons. The standard InChI is InChI=1S/C14H18ClN3.HI/c1-18(11-6-7-11)14(16)17-13-8-12(13)9-2-4-10(15)5-3-9;/h2-5,11-13H,6-8H2,1H3,(H2,16,17);1H. The van der Waals surface area contributed by atoms with E-state index in [1.165, 1.54) is 18.4 Å². The number of aliphatic imine (C=N–C) groups is 1. The van der Waals surface area contributed by atoms with Crippen LogP contribution in [0, 0.1) is 0 Å². The summed E-state index contributed by atoms with van der Waals surface area (Å²) in [6.07, 6.45) is 3.59. The summed E-state index contributed by atoms with van der Waals surface area (Å²) in [5.41, 5.74) is 7.33. The van der Waals surface area contributed by atoms with E-state index in [1.807, 2.05) is 19.2 Å². The van der Waals surface area contributed by atoms with Gasteiger partial charge in [-0.3, -0.25) is 0 Å². The SMILES string of the molecule is CN(C(N)=NC1CC1c1ccc(Cl)cc1)C1CC1.I. The van der Waals surface area contributed by atoms with Gasteiger partial charge in [-0.05, 0) is 37.0 Å². The molecule has 0 amide bonds. The number of benzene rings is 1. The van der Waals surface area contributed by atoms with Gasteiger partial charge in [-0.2, -0.15) is 0 Å². The number of nitrogens with two attached hydrogens (primary N) is 1. The third kappa shape index (κ3) is 3.54. The fourth-order valence-corrected chi connectivity index (χ4v) is 2.43.